The van der Waals surface area contributed by atoms with Crippen molar-refractivity contribution in [2.45, 2.75) is 30.8 Å². The molecule has 3 rings (SSSR count). The van der Waals surface area contributed by atoms with Crippen molar-refractivity contribution in [2.75, 3.05) is 6.61 Å². The van der Waals surface area contributed by atoms with Gasteiger partial charge in [0.15, 0.2) is 0 Å². The van der Waals surface area contributed by atoms with Gasteiger partial charge in [-0.3, -0.25) is 4.79 Å². The molecule has 1 amide bonds. The quantitative estimate of drug-likeness (QED) is 0.420. The molecule has 0 aromatic heterocycles. The third kappa shape index (κ3) is 7.20. The van der Waals surface area contributed by atoms with Gasteiger partial charge < -0.3 is 10.1 Å². The highest BCUT2D eigenvalue weighted by atomic mass is 35.5. The molecule has 0 aliphatic carbocycles. The molecule has 174 valence electrons. The average Bonchev–Trinajstić information content (AvgIpc) is 2.79. The zero-order valence-corrected chi connectivity index (χ0v) is 20.3. The molecular weight excluding hydrogens is 483 g/mol. The Morgan fingerprint density at radius 1 is 1.00 bits per heavy atom. The summed E-state index contributed by atoms with van der Waals surface area (Å²) in [5, 5.41) is 3.67. The van der Waals surface area contributed by atoms with Crippen LogP contribution in [0.5, 0.6) is 5.75 Å². The Balaban J connectivity index is 1.78. The summed E-state index contributed by atoms with van der Waals surface area (Å²) in [4.78, 5) is 13.1. The fourth-order valence-corrected chi connectivity index (χ4v) is 4.82. The van der Waals surface area contributed by atoms with Gasteiger partial charge >= 0.3 is 0 Å². The van der Waals surface area contributed by atoms with Crippen LogP contribution in [0.4, 0.5) is 0 Å². The molecule has 2 N–H and O–H groups in total. The number of sulfonamides is 1. The highest BCUT2D eigenvalue weighted by Gasteiger charge is 2.26. The molecule has 1 unspecified atom stereocenters. The smallest absolute Gasteiger partial charge is 0.241 e. The Morgan fingerprint density at radius 3 is 2.33 bits per heavy atom. The molecular formula is C24H24Cl2N2O4S. The Labute approximate surface area is 203 Å². The van der Waals surface area contributed by atoms with Crippen molar-refractivity contribution in [3.63, 3.8) is 0 Å². The molecule has 33 heavy (non-hydrogen) atoms. The molecule has 6 nitrogen and oxygen atoms in total. The van der Waals surface area contributed by atoms with Crippen molar-refractivity contribution >= 4 is 39.1 Å². The van der Waals surface area contributed by atoms with E-state index in [-0.39, 0.29) is 17.9 Å². The maximum Gasteiger partial charge on any atom is 0.241 e. The van der Waals surface area contributed by atoms with Crippen LogP contribution in [0.15, 0.2) is 77.7 Å². The van der Waals surface area contributed by atoms with Gasteiger partial charge in [-0.15, -0.1) is 0 Å². The first-order chi connectivity index (χ1) is 15.8. The fraction of sp³-hybridized carbons (Fsp3) is 0.208. The molecule has 0 heterocycles. The lowest BCUT2D eigenvalue weighted by Gasteiger charge is -2.19. The minimum atomic E-state index is -3.96. The van der Waals surface area contributed by atoms with Crippen LogP contribution in [0.3, 0.4) is 0 Å². The van der Waals surface area contributed by atoms with Crippen molar-refractivity contribution in [1.29, 1.82) is 0 Å². The lowest BCUT2D eigenvalue weighted by atomic mass is 10.1. The molecule has 9 heteroatoms. The Morgan fingerprint density at radius 2 is 1.70 bits per heavy atom. The minimum absolute atomic E-state index is 0.0394. The van der Waals surface area contributed by atoms with Crippen LogP contribution in [0.25, 0.3) is 0 Å². The standard InChI is InChI=1S/C24H24Cl2N2O4S/c1-2-32-20-10-12-21(13-11-20)33(30,31)28-23(14-17-6-4-3-5-7-17)24(29)27-16-18-8-9-19(25)15-22(18)26/h3-13,15,23,28H,2,14,16H2,1H3,(H,27,29). The van der Waals surface area contributed by atoms with Crippen LogP contribution in [0, 0.1) is 0 Å². The molecule has 0 radical (unpaired) electrons. The van der Waals surface area contributed by atoms with E-state index in [1.165, 1.54) is 12.1 Å². The van der Waals surface area contributed by atoms with Crippen molar-refractivity contribution in [3.05, 3.63) is 94.0 Å². The summed E-state index contributed by atoms with van der Waals surface area (Å²) in [6.07, 6.45) is 0.178. The number of halogens is 2. The fourth-order valence-electron chi connectivity index (χ4n) is 3.15. The van der Waals surface area contributed by atoms with Crippen LogP contribution >= 0.6 is 23.2 Å². The number of ether oxygens (including phenoxy) is 1. The van der Waals surface area contributed by atoms with Crippen LogP contribution < -0.4 is 14.8 Å². The maximum absolute atomic E-state index is 13.0. The summed E-state index contributed by atoms with van der Waals surface area (Å²) in [7, 11) is -3.96. The second-order valence-corrected chi connectivity index (χ2v) is 9.78. The van der Waals surface area contributed by atoms with E-state index in [0.29, 0.717) is 28.0 Å². The maximum atomic E-state index is 13.0. The summed E-state index contributed by atoms with van der Waals surface area (Å²) < 4.78 is 33.9. The van der Waals surface area contributed by atoms with Gasteiger partial charge in [0.25, 0.3) is 0 Å². The number of nitrogens with one attached hydrogen (secondary N) is 2. The predicted octanol–water partition coefficient (Wildman–Crippen LogP) is 4.60. The highest BCUT2D eigenvalue weighted by molar-refractivity contribution is 7.89. The zero-order chi connectivity index (χ0) is 23.8. The van der Waals surface area contributed by atoms with Crippen LogP contribution in [-0.2, 0) is 27.8 Å². The van der Waals surface area contributed by atoms with E-state index >= 15 is 0 Å². The summed E-state index contributed by atoms with van der Waals surface area (Å²) in [5.41, 5.74) is 1.49. The van der Waals surface area contributed by atoms with Gasteiger partial charge in [-0.05, 0) is 60.9 Å². The number of carbonyl (C=O) groups is 1. The lowest BCUT2D eigenvalue weighted by molar-refractivity contribution is -0.122. The van der Waals surface area contributed by atoms with Crippen molar-refractivity contribution in [3.8, 4) is 5.75 Å². The van der Waals surface area contributed by atoms with E-state index < -0.39 is 22.0 Å². The van der Waals surface area contributed by atoms with E-state index in [4.69, 9.17) is 27.9 Å². The first-order valence-corrected chi connectivity index (χ1v) is 12.5. The van der Waals surface area contributed by atoms with Crippen molar-refractivity contribution in [1.82, 2.24) is 10.0 Å². The lowest BCUT2D eigenvalue weighted by Crippen LogP contribution is -2.47. The highest BCUT2D eigenvalue weighted by Crippen LogP contribution is 2.21. The van der Waals surface area contributed by atoms with Gasteiger partial charge in [0, 0.05) is 16.6 Å². The van der Waals surface area contributed by atoms with Gasteiger partial charge in [-0.2, -0.15) is 4.72 Å². The molecule has 0 fully saturated rings. The second-order valence-electron chi connectivity index (χ2n) is 7.22. The molecule has 0 saturated carbocycles. The van der Waals surface area contributed by atoms with E-state index in [1.807, 2.05) is 37.3 Å². The Kier molecular flexibility index (Phi) is 8.74. The Hall–Kier alpha value is -2.58. The van der Waals surface area contributed by atoms with Gasteiger partial charge in [0.1, 0.15) is 11.8 Å². The summed E-state index contributed by atoms with van der Waals surface area (Å²) in [6, 6.07) is 19.2. The van der Waals surface area contributed by atoms with Gasteiger partial charge in [0.05, 0.1) is 11.5 Å². The van der Waals surface area contributed by atoms with Crippen LogP contribution in [0.2, 0.25) is 10.0 Å². The van der Waals surface area contributed by atoms with E-state index in [0.717, 1.165) is 5.56 Å². The SMILES string of the molecule is CCOc1ccc(S(=O)(=O)NC(Cc2ccccc2)C(=O)NCc2ccc(Cl)cc2Cl)cc1. The third-order valence-corrected chi connectivity index (χ3v) is 6.88. The number of rotatable bonds is 10. The number of hydrogen-bond acceptors (Lipinski definition) is 4. The monoisotopic (exact) mass is 506 g/mol. The number of carbonyl (C=O) groups excluding carboxylic acids is 1. The van der Waals surface area contributed by atoms with Crippen molar-refractivity contribution < 1.29 is 17.9 Å². The predicted molar refractivity (Wildman–Crippen MR) is 130 cm³/mol. The number of benzene rings is 3. The second kappa shape index (κ2) is 11.5. The minimum Gasteiger partial charge on any atom is -0.494 e. The van der Waals surface area contributed by atoms with E-state index in [2.05, 4.69) is 10.0 Å². The van der Waals surface area contributed by atoms with Crippen LogP contribution in [-0.4, -0.2) is 27.0 Å². The first kappa shape index (κ1) is 25.1. The van der Waals surface area contributed by atoms with Gasteiger partial charge in [-0.25, -0.2) is 8.42 Å². The van der Waals surface area contributed by atoms with Crippen molar-refractivity contribution in [2.24, 2.45) is 0 Å². The molecule has 0 spiro atoms. The number of hydrogen-bond donors (Lipinski definition) is 2. The third-order valence-electron chi connectivity index (χ3n) is 4.81. The summed E-state index contributed by atoms with van der Waals surface area (Å²) in [6.45, 7) is 2.45. The molecule has 3 aromatic carbocycles. The average molecular weight is 507 g/mol. The van der Waals surface area contributed by atoms with Gasteiger partial charge in [0.2, 0.25) is 15.9 Å². The van der Waals surface area contributed by atoms with E-state index in [9.17, 15) is 13.2 Å². The molecule has 0 bridgehead atoms. The van der Waals surface area contributed by atoms with E-state index in [1.54, 1.807) is 30.3 Å². The Bertz CT molecular complexity index is 1190. The molecule has 1 atom stereocenters. The normalized spacial score (nSPS) is 12.2. The topological polar surface area (TPSA) is 84.5 Å². The van der Waals surface area contributed by atoms with Gasteiger partial charge in [-0.1, -0.05) is 59.6 Å². The van der Waals surface area contributed by atoms with Crippen LogP contribution in [0.1, 0.15) is 18.1 Å². The summed E-state index contributed by atoms with van der Waals surface area (Å²) >= 11 is 12.1. The zero-order valence-electron chi connectivity index (χ0n) is 17.9. The largest absolute Gasteiger partial charge is 0.494 e. The molecule has 3 aromatic rings. The summed E-state index contributed by atoms with van der Waals surface area (Å²) in [5.74, 6) is 0.0919. The molecule has 0 aliphatic heterocycles. The number of amides is 1. The first-order valence-electron chi connectivity index (χ1n) is 10.3. The molecule has 0 aliphatic rings. The molecule has 0 saturated heterocycles.